The lowest BCUT2D eigenvalue weighted by Gasteiger charge is -2.30. The van der Waals surface area contributed by atoms with Crippen LogP contribution in [0.4, 0.5) is 4.39 Å². The summed E-state index contributed by atoms with van der Waals surface area (Å²) in [5.74, 6) is 0.00660. The standard InChI is InChI=1S/C16H22FNO3/c1-4-10(2)16(3,20)9-18-15(19)14-8-11-7-12(17)5-6-13(11)21-14/h5-7,10,14,20H,4,8-9H2,1-3H3,(H,18,19). The van der Waals surface area contributed by atoms with Crippen LogP contribution in [0, 0.1) is 11.7 Å². The second-order valence-electron chi connectivity index (χ2n) is 5.95. The van der Waals surface area contributed by atoms with E-state index in [-0.39, 0.29) is 24.2 Å². The lowest BCUT2D eigenvalue weighted by atomic mass is 9.88. The van der Waals surface area contributed by atoms with E-state index in [1.165, 1.54) is 18.2 Å². The highest BCUT2D eigenvalue weighted by Crippen LogP contribution is 2.29. The Bertz CT molecular complexity index is 530. The maximum atomic E-state index is 13.1. The normalized spacial score (nSPS) is 21.1. The van der Waals surface area contributed by atoms with Gasteiger partial charge >= 0.3 is 0 Å². The number of amides is 1. The minimum Gasteiger partial charge on any atom is -0.480 e. The van der Waals surface area contributed by atoms with Crippen LogP contribution in [0.3, 0.4) is 0 Å². The third kappa shape index (κ3) is 3.53. The molecule has 0 aliphatic carbocycles. The summed E-state index contributed by atoms with van der Waals surface area (Å²) in [6.45, 7) is 5.82. The lowest BCUT2D eigenvalue weighted by Crippen LogP contribution is -2.48. The zero-order valence-corrected chi connectivity index (χ0v) is 12.6. The van der Waals surface area contributed by atoms with E-state index in [0.717, 1.165) is 6.42 Å². The molecule has 116 valence electrons. The van der Waals surface area contributed by atoms with Crippen molar-refractivity contribution in [1.29, 1.82) is 0 Å². The zero-order chi connectivity index (χ0) is 15.6. The van der Waals surface area contributed by atoms with Gasteiger partial charge in [0.05, 0.1) is 5.60 Å². The molecule has 1 aromatic carbocycles. The first-order valence-corrected chi connectivity index (χ1v) is 7.28. The van der Waals surface area contributed by atoms with Crippen LogP contribution in [-0.2, 0) is 11.2 Å². The van der Waals surface area contributed by atoms with Crippen molar-refractivity contribution in [1.82, 2.24) is 5.32 Å². The number of ether oxygens (including phenoxy) is 1. The molecule has 3 atom stereocenters. The Morgan fingerprint density at radius 3 is 3.00 bits per heavy atom. The summed E-state index contributed by atoms with van der Waals surface area (Å²) in [6, 6.07) is 4.23. The van der Waals surface area contributed by atoms with E-state index in [2.05, 4.69) is 5.32 Å². The summed E-state index contributed by atoms with van der Waals surface area (Å²) in [6.07, 6.45) is 0.521. The molecule has 1 aliphatic heterocycles. The highest BCUT2D eigenvalue weighted by Gasteiger charge is 2.32. The van der Waals surface area contributed by atoms with Gasteiger partial charge in [0, 0.05) is 18.5 Å². The molecule has 2 N–H and O–H groups in total. The van der Waals surface area contributed by atoms with Gasteiger partial charge in [0.25, 0.3) is 5.91 Å². The van der Waals surface area contributed by atoms with E-state index in [0.29, 0.717) is 17.7 Å². The number of carbonyl (C=O) groups is 1. The number of halogens is 1. The third-order valence-electron chi connectivity index (χ3n) is 4.28. The minimum atomic E-state index is -0.956. The number of nitrogens with one attached hydrogen (secondary N) is 1. The van der Waals surface area contributed by atoms with Gasteiger partial charge in [0.2, 0.25) is 0 Å². The molecule has 0 bridgehead atoms. The smallest absolute Gasteiger partial charge is 0.261 e. The Morgan fingerprint density at radius 1 is 1.62 bits per heavy atom. The van der Waals surface area contributed by atoms with Crippen molar-refractivity contribution in [3.63, 3.8) is 0 Å². The van der Waals surface area contributed by atoms with E-state index in [1.54, 1.807) is 6.92 Å². The average molecular weight is 295 g/mol. The van der Waals surface area contributed by atoms with Gasteiger partial charge in [-0.05, 0) is 31.0 Å². The third-order valence-corrected chi connectivity index (χ3v) is 4.28. The second-order valence-corrected chi connectivity index (χ2v) is 5.95. The summed E-state index contributed by atoms with van der Waals surface area (Å²) in [5, 5.41) is 13.0. The van der Waals surface area contributed by atoms with Gasteiger partial charge in [0.1, 0.15) is 11.6 Å². The van der Waals surface area contributed by atoms with Crippen molar-refractivity contribution >= 4 is 5.91 Å². The molecule has 1 heterocycles. The molecular weight excluding hydrogens is 273 g/mol. The molecule has 1 amide bonds. The first-order chi connectivity index (χ1) is 9.83. The summed E-state index contributed by atoms with van der Waals surface area (Å²) >= 11 is 0. The molecular formula is C16H22FNO3. The predicted octanol–water partition coefficient (Wildman–Crippen LogP) is 2.04. The number of hydrogen-bond acceptors (Lipinski definition) is 3. The van der Waals surface area contributed by atoms with Crippen molar-refractivity contribution in [2.24, 2.45) is 5.92 Å². The quantitative estimate of drug-likeness (QED) is 0.874. The monoisotopic (exact) mass is 295 g/mol. The first kappa shape index (κ1) is 15.8. The molecule has 3 unspecified atom stereocenters. The molecule has 0 saturated heterocycles. The summed E-state index contributed by atoms with van der Waals surface area (Å²) < 4.78 is 18.6. The highest BCUT2D eigenvalue weighted by molar-refractivity contribution is 5.82. The van der Waals surface area contributed by atoms with Crippen LogP contribution in [-0.4, -0.2) is 29.3 Å². The Kier molecular flexibility index (Phi) is 4.52. The molecule has 5 heteroatoms. The number of fused-ring (bicyclic) bond motifs is 1. The van der Waals surface area contributed by atoms with Crippen LogP contribution < -0.4 is 10.1 Å². The van der Waals surface area contributed by atoms with Gasteiger partial charge in [-0.25, -0.2) is 4.39 Å². The van der Waals surface area contributed by atoms with E-state index >= 15 is 0 Å². The molecule has 21 heavy (non-hydrogen) atoms. The Balaban J connectivity index is 1.92. The Morgan fingerprint density at radius 2 is 2.33 bits per heavy atom. The molecule has 0 aromatic heterocycles. The van der Waals surface area contributed by atoms with Gasteiger partial charge in [-0.3, -0.25) is 4.79 Å². The molecule has 0 saturated carbocycles. The maximum absolute atomic E-state index is 13.1. The SMILES string of the molecule is CCC(C)C(C)(O)CNC(=O)C1Cc2cc(F)ccc2O1. The topological polar surface area (TPSA) is 58.6 Å². The fourth-order valence-corrected chi connectivity index (χ4v) is 2.36. The average Bonchev–Trinajstić information content (AvgIpc) is 2.86. The van der Waals surface area contributed by atoms with E-state index < -0.39 is 11.7 Å². The van der Waals surface area contributed by atoms with Crippen LogP contribution in [0.1, 0.15) is 32.8 Å². The van der Waals surface area contributed by atoms with E-state index in [9.17, 15) is 14.3 Å². The van der Waals surface area contributed by atoms with E-state index in [1.807, 2.05) is 13.8 Å². The first-order valence-electron chi connectivity index (χ1n) is 7.28. The number of aliphatic hydroxyl groups is 1. The van der Waals surface area contributed by atoms with Crippen LogP contribution in [0.25, 0.3) is 0 Å². The minimum absolute atomic E-state index is 0.0774. The van der Waals surface area contributed by atoms with E-state index in [4.69, 9.17) is 4.74 Å². The van der Waals surface area contributed by atoms with Crippen molar-refractivity contribution < 1.29 is 19.0 Å². The summed E-state index contributed by atoms with van der Waals surface area (Å²) in [7, 11) is 0. The van der Waals surface area contributed by atoms with Crippen LogP contribution in [0.2, 0.25) is 0 Å². The van der Waals surface area contributed by atoms with Crippen LogP contribution in [0.15, 0.2) is 18.2 Å². The lowest BCUT2D eigenvalue weighted by molar-refractivity contribution is -0.128. The number of carbonyl (C=O) groups excluding carboxylic acids is 1. The molecule has 2 rings (SSSR count). The summed E-state index contributed by atoms with van der Waals surface area (Å²) in [5.41, 5.74) is -0.258. The van der Waals surface area contributed by atoms with Gasteiger partial charge < -0.3 is 15.2 Å². The predicted molar refractivity (Wildman–Crippen MR) is 77.6 cm³/mol. The van der Waals surface area contributed by atoms with Gasteiger partial charge in [-0.1, -0.05) is 20.3 Å². The second kappa shape index (κ2) is 6.02. The van der Waals surface area contributed by atoms with Gasteiger partial charge in [-0.2, -0.15) is 0 Å². The molecule has 1 aliphatic rings. The maximum Gasteiger partial charge on any atom is 0.261 e. The Hall–Kier alpha value is -1.62. The van der Waals surface area contributed by atoms with Crippen LogP contribution in [0.5, 0.6) is 5.75 Å². The fourth-order valence-electron chi connectivity index (χ4n) is 2.36. The number of rotatable bonds is 5. The van der Waals surface area contributed by atoms with Gasteiger partial charge in [-0.15, -0.1) is 0 Å². The molecule has 0 spiro atoms. The largest absolute Gasteiger partial charge is 0.480 e. The molecule has 0 radical (unpaired) electrons. The molecule has 1 aromatic rings. The molecule has 4 nitrogen and oxygen atoms in total. The van der Waals surface area contributed by atoms with Crippen molar-refractivity contribution in [2.45, 2.75) is 45.3 Å². The fraction of sp³-hybridized carbons (Fsp3) is 0.562. The van der Waals surface area contributed by atoms with Crippen molar-refractivity contribution in [2.75, 3.05) is 6.54 Å². The van der Waals surface area contributed by atoms with Crippen molar-refractivity contribution in [3.8, 4) is 5.75 Å². The van der Waals surface area contributed by atoms with Gasteiger partial charge in [0.15, 0.2) is 6.10 Å². The summed E-state index contributed by atoms with van der Waals surface area (Å²) in [4.78, 5) is 12.1. The van der Waals surface area contributed by atoms with Crippen molar-refractivity contribution in [3.05, 3.63) is 29.6 Å². The number of benzene rings is 1. The van der Waals surface area contributed by atoms with Crippen LogP contribution >= 0.6 is 0 Å². The Labute approximate surface area is 124 Å². The highest BCUT2D eigenvalue weighted by atomic mass is 19.1. The number of hydrogen-bond donors (Lipinski definition) is 2. The zero-order valence-electron chi connectivity index (χ0n) is 12.6. The molecule has 0 fully saturated rings.